The van der Waals surface area contributed by atoms with Crippen LogP contribution >= 0.6 is 0 Å². The van der Waals surface area contributed by atoms with Crippen LogP contribution < -0.4 is 24.7 Å². The van der Waals surface area contributed by atoms with Gasteiger partial charge in [0, 0.05) is 32.4 Å². The van der Waals surface area contributed by atoms with Crippen LogP contribution in [0.15, 0.2) is 35.3 Å². The smallest absolute Gasteiger partial charge is 0.161 e. The second kappa shape index (κ2) is 13.1. The van der Waals surface area contributed by atoms with Crippen molar-refractivity contribution in [1.29, 1.82) is 0 Å². The molecule has 2 aromatic rings. The standard InChI is InChI=1S/C11H13NO2.C10H15NO2.C7H13N3/c1-13-10-5-8-3-4-12-7-9(8)6-11(10)14-2;1-12-9-4-3-8(5-6-11)7-10(9)13-2;1-7-2-9-4-8(1)5-10(3-7)6-9/h5-7H,3-4H2,1-2H3;3-4,7H,5-6,11H2,1-2H3;7H,1-6H2. The number of fused-ring (bicyclic) bond motifs is 1. The van der Waals surface area contributed by atoms with Crippen LogP contribution in [0.5, 0.6) is 23.0 Å². The molecular formula is C28H41N5O4. The first-order valence-electron chi connectivity index (χ1n) is 12.9. The normalized spacial score (nSPS) is 24.1. The number of ether oxygens (including phenoxy) is 4. The van der Waals surface area contributed by atoms with E-state index in [4.69, 9.17) is 24.7 Å². The molecule has 2 aromatic carbocycles. The molecule has 37 heavy (non-hydrogen) atoms. The molecule has 0 saturated carbocycles. The number of hydrogen-bond acceptors (Lipinski definition) is 9. The Balaban J connectivity index is 0.000000131. The molecule has 0 radical (unpaired) electrons. The number of aliphatic imine (C=N–C) groups is 1. The van der Waals surface area contributed by atoms with Crippen molar-refractivity contribution < 1.29 is 18.9 Å². The van der Waals surface area contributed by atoms with Crippen LogP contribution in [0.2, 0.25) is 0 Å². The molecule has 4 saturated heterocycles. The fourth-order valence-corrected chi connectivity index (χ4v) is 5.42. The third-order valence-electron chi connectivity index (χ3n) is 7.02. The monoisotopic (exact) mass is 511 g/mol. The second-order valence-corrected chi connectivity index (χ2v) is 9.77. The van der Waals surface area contributed by atoms with Crippen molar-refractivity contribution in [2.45, 2.75) is 12.8 Å². The summed E-state index contributed by atoms with van der Waals surface area (Å²) in [4.78, 5) is 11.9. The fourth-order valence-electron chi connectivity index (χ4n) is 5.42. The molecule has 9 heteroatoms. The summed E-state index contributed by atoms with van der Waals surface area (Å²) in [6.45, 7) is 9.26. The van der Waals surface area contributed by atoms with Gasteiger partial charge in [0.25, 0.3) is 0 Å². The molecule has 2 N–H and O–H groups in total. The highest BCUT2D eigenvalue weighted by molar-refractivity contribution is 5.84. The number of benzene rings is 2. The van der Waals surface area contributed by atoms with Crippen molar-refractivity contribution in [2.75, 3.05) is 81.2 Å². The van der Waals surface area contributed by atoms with Crippen molar-refractivity contribution in [3.05, 3.63) is 47.0 Å². The van der Waals surface area contributed by atoms with Gasteiger partial charge < -0.3 is 24.7 Å². The van der Waals surface area contributed by atoms with Gasteiger partial charge in [-0.2, -0.15) is 0 Å². The van der Waals surface area contributed by atoms with E-state index in [-0.39, 0.29) is 0 Å². The predicted molar refractivity (Wildman–Crippen MR) is 146 cm³/mol. The molecule has 0 spiro atoms. The first-order valence-corrected chi connectivity index (χ1v) is 12.9. The van der Waals surface area contributed by atoms with E-state index in [1.165, 1.54) is 50.8 Å². The van der Waals surface area contributed by atoms with Gasteiger partial charge in [0.15, 0.2) is 23.0 Å². The highest BCUT2D eigenvalue weighted by Gasteiger charge is 2.37. The molecule has 4 bridgehead atoms. The molecule has 5 aliphatic heterocycles. The van der Waals surface area contributed by atoms with Gasteiger partial charge in [-0.15, -0.1) is 0 Å². The highest BCUT2D eigenvalue weighted by atomic mass is 16.5. The summed E-state index contributed by atoms with van der Waals surface area (Å²) < 4.78 is 20.7. The second-order valence-electron chi connectivity index (χ2n) is 9.77. The van der Waals surface area contributed by atoms with E-state index >= 15 is 0 Å². The first kappa shape index (κ1) is 27.2. The topological polar surface area (TPSA) is 85.0 Å². The maximum atomic E-state index is 5.45. The summed E-state index contributed by atoms with van der Waals surface area (Å²) in [6.07, 6.45) is 3.73. The number of rotatable bonds is 6. The Morgan fingerprint density at radius 1 is 0.784 bits per heavy atom. The van der Waals surface area contributed by atoms with Gasteiger partial charge in [-0.25, -0.2) is 0 Å². The van der Waals surface area contributed by atoms with Crippen molar-refractivity contribution in [3.63, 3.8) is 0 Å². The minimum Gasteiger partial charge on any atom is -0.493 e. The molecular weight excluding hydrogens is 470 g/mol. The average molecular weight is 512 g/mol. The van der Waals surface area contributed by atoms with Crippen molar-refractivity contribution in [2.24, 2.45) is 16.6 Å². The zero-order chi connectivity index (χ0) is 26.2. The zero-order valence-electron chi connectivity index (χ0n) is 22.6. The minimum absolute atomic E-state index is 0.648. The van der Waals surface area contributed by atoms with Crippen LogP contribution in [0.3, 0.4) is 0 Å². The third kappa shape index (κ3) is 6.93. The highest BCUT2D eigenvalue weighted by Crippen LogP contribution is 2.31. The van der Waals surface area contributed by atoms with Crippen molar-refractivity contribution in [1.82, 2.24) is 14.7 Å². The molecule has 7 rings (SSSR count). The number of hydrogen-bond donors (Lipinski definition) is 1. The van der Waals surface area contributed by atoms with Crippen LogP contribution in [0, 0.1) is 5.92 Å². The molecule has 0 aromatic heterocycles. The summed E-state index contributed by atoms with van der Waals surface area (Å²) in [6, 6.07) is 9.83. The lowest BCUT2D eigenvalue weighted by Gasteiger charge is -2.54. The van der Waals surface area contributed by atoms with Gasteiger partial charge in [-0.05, 0) is 66.3 Å². The SMILES string of the molecule is C1C2CN3CN1CN(C2)C3.COc1cc2c(cc1OC)CCN=C2.COc1ccc(CCN)cc1OC. The Bertz CT molecular complexity index is 1000. The molecule has 0 aliphatic carbocycles. The quantitative estimate of drug-likeness (QED) is 0.633. The summed E-state index contributed by atoms with van der Waals surface area (Å²) in [5.74, 6) is 4.02. The molecule has 0 atom stereocenters. The molecule has 0 amide bonds. The molecule has 0 unspecified atom stereocenters. The van der Waals surface area contributed by atoms with Crippen LogP contribution in [0.25, 0.3) is 0 Å². The van der Waals surface area contributed by atoms with Gasteiger partial charge in [0.05, 0.1) is 48.4 Å². The van der Waals surface area contributed by atoms with E-state index in [0.717, 1.165) is 53.9 Å². The van der Waals surface area contributed by atoms with Gasteiger partial charge in [0.2, 0.25) is 0 Å². The van der Waals surface area contributed by atoms with Crippen LogP contribution in [0.1, 0.15) is 16.7 Å². The van der Waals surface area contributed by atoms with E-state index in [0.29, 0.717) is 6.54 Å². The fraction of sp³-hybridized carbons (Fsp3) is 0.536. The van der Waals surface area contributed by atoms with Gasteiger partial charge in [-0.1, -0.05) is 6.07 Å². The maximum absolute atomic E-state index is 5.45. The molecule has 9 nitrogen and oxygen atoms in total. The predicted octanol–water partition coefficient (Wildman–Crippen LogP) is 2.31. The van der Waals surface area contributed by atoms with Gasteiger partial charge in [0.1, 0.15) is 0 Å². The third-order valence-corrected chi connectivity index (χ3v) is 7.02. The summed E-state index contributed by atoms with van der Waals surface area (Å²) in [7, 11) is 6.55. The molecule has 5 aliphatic rings. The van der Waals surface area contributed by atoms with E-state index in [1.54, 1.807) is 28.4 Å². The average Bonchev–Trinajstić information content (AvgIpc) is 2.92. The summed E-state index contributed by atoms with van der Waals surface area (Å²) in [5, 5.41) is 0. The number of nitrogens with zero attached hydrogens (tertiary/aromatic N) is 4. The lowest BCUT2D eigenvalue weighted by molar-refractivity contribution is -0.130. The minimum atomic E-state index is 0.648. The lowest BCUT2D eigenvalue weighted by atomic mass is 10.0. The van der Waals surface area contributed by atoms with Crippen LogP contribution in [0.4, 0.5) is 0 Å². The summed E-state index contributed by atoms with van der Waals surface area (Å²) >= 11 is 0. The van der Waals surface area contributed by atoms with Crippen molar-refractivity contribution >= 4 is 6.21 Å². The Labute approximate surface area is 220 Å². The summed E-state index contributed by atoms with van der Waals surface area (Å²) in [5.41, 5.74) is 9.03. The van der Waals surface area contributed by atoms with Crippen molar-refractivity contribution in [3.8, 4) is 23.0 Å². The molecule has 5 heterocycles. The van der Waals surface area contributed by atoms with E-state index in [2.05, 4.69) is 19.7 Å². The van der Waals surface area contributed by atoms with Crippen LogP contribution in [-0.4, -0.2) is 102 Å². The first-order chi connectivity index (χ1) is 18.1. The Morgan fingerprint density at radius 2 is 1.35 bits per heavy atom. The Hall–Kier alpha value is -2.85. The number of nitrogens with two attached hydrogens (primary N) is 1. The molecule has 4 fully saturated rings. The van der Waals surface area contributed by atoms with Crippen LogP contribution in [-0.2, 0) is 12.8 Å². The van der Waals surface area contributed by atoms with E-state index in [1.807, 2.05) is 36.5 Å². The lowest BCUT2D eigenvalue weighted by Crippen LogP contribution is -2.67. The van der Waals surface area contributed by atoms with E-state index in [9.17, 15) is 0 Å². The van der Waals surface area contributed by atoms with E-state index < -0.39 is 0 Å². The Morgan fingerprint density at radius 3 is 1.89 bits per heavy atom. The zero-order valence-corrected chi connectivity index (χ0v) is 22.6. The largest absolute Gasteiger partial charge is 0.493 e. The molecule has 202 valence electrons. The maximum Gasteiger partial charge on any atom is 0.161 e. The Kier molecular flexibility index (Phi) is 9.62. The number of methoxy groups -OCH3 is 4. The van der Waals surface area contributed by atoms with Gasteiger partial charge in [-0.3, -0.25) is 19.7 Å². The van der Waals surface area contributed by atoms with Gasteiger partial charge >= 0.3 is 0 Å².